The predicted molar refractivity (Wildman–Crippen MR) is 54.8 cm³/mol. The molecule has 1 rings (SSSR count). The number of hydrogen-bond acceptors (Lipinski definition) is 2. The molecule has 0 aliphatic carbocycles. The van der Waals surface area contributed by atoms with E-state index in [1.807, 2.05) is 0 Å². The number of carbonyl (C=O) groups is 1. The molecule has 1 aliphatic rings. The lowest BCUT2D eigenvalue weighted by molar-refractivity contribution is -0.128. The molecule has 0 bridgehead atoms. The predicted octanol–water partition coefficient (Wildman–Crippen LogP) is 1.00. The van der Waals surface area contributed by atoms with Gasteiger partial charge in [0, 0.05) is 24.8 Å². The van der Waals surface area contributed by atoms with Crippen molar-refractivity contribution >= 4 is 21.8 Å². The number of carbonyl (C=O) groups excluding carboxylic acids is 1. The largest absolute Gasteiger partial charge is 0.390 e. The van der Waals surface area contributed by atoms with Crippen LogP contribution < -0.4 is 0 Å². The number of nitrogens with zero attached hydrogens (tertiary/aromatic N) is 1. The molecule has 1 N–H and O–H groups in total. The lowest BCUT2D eigenvalue weighted by atomic mass is 10.1. The van der Waals surface area contributed by atoms with E-state index >= 15 is 0 Å². The Bertz CT molecular complexity index is 186. The molecule has 0 aromatic carbocycles. The van der Waals surface area contributed by atoms with Gasteiger partial charge in [0.05, 0.1) is 6.10 Å². The van der Waals surface area contributed by atoms with E-state index in [2.05, 4.69) is 22.9 Å². The fourth-order valence-corrected chi connectivity index (χ4v) is 1.81. The van der Waals surface area contributed by atoms with Crippen LogP contribution in [-0.4, -0.2) is 40.4 Å². The van der Waals surface area contributed by atoms with Crippen molar-refractivity contribution in [2.75, 3.05) is 18.4 Å². The van der Waals surface area contributed by atoms with Gasteiger partial charge in [-0.1, -0.05) is 29.3 Å². The summed E-state index contributed by atoms with van der Waals surface area (Å²) in [4.78, 5) is 13.2. The molecule has 2 unspecified atom stereocenters. The van der Waals surface area contributed by atoms with Gasteiger partial charge in [0.25, 0.3) is 0 Å². The first-order valence-electron chi connectivity index (χ1n) is 4.69. The molecule has 0 saturated carbocycles. The van der Waals surface area contributed by atoms with E-state index in [0.29, 0.717) is 24.2 Å². The number of likely N-dealkylation sites (tertiary alicyclic amines) is 1. The number of β-amino-alcohol motifs (C(OH)–C–C–N with tert-alkyl or cyclic N) is 1. The van der Waals surface area contributed by atoms with Crippen LogP contribution in [-0.2, 0) is 4.79 Å². The highest BCUT2D eigenvalue weighted by Gasteiger charge is 2.29. The number of aliphatic hydroxyl groups excluding tert-OH is 1. The molecule has 1 fully saturated rings. The molecule has 1 heterocycles. The van der Waals surface area contributed by atoms with Gasteiger partial charge < -0.3 is 10.0 Å². The van der Waals surface area contributed by atoms with Gasteiger partial charge in [-0.25, -0.2) is 0 Å². The fourth-order valence-electron chi connectivity index (χ4n) is 1.61. The average Bonchev–Trinajstić information content (AvgIpc) is 2.47. The third-order valence-corrected chi connectivity index (χ3v) is 3.23. The van der Waals surface area contributed by atoms with E-state index in [4.69, 9.17) is 0 Å². The molecule has 0 radical (unpaired) electrons. The maximum Gasteiger partial charge on any atom is 0.223 e. The first kappa shape index (κ1) is 11.0. The van der Waals surface area contributed by atoms with Crippen molar-refractivity contribution in [2.24, 2.45) is 5.92 Å². The maximum atomic E-state index is 11.4. The number of hydrogen-bond donors (Lipinski definition) is 1. The second kappa shape index (κ2) is 4.96. The third-order valence-electron chi connectivity index (χ3n) is 2.48. The minimum absolute atomic E-state index is 0.187. The summed E-state index contributed by atoms with van der Waals surface area (Å²) in [5.74, 6) is 0.682. The van der Waals surface area contributed by atoms with Gasteiger partial charge in [-0.05, 0) is 5.92 Å². The first-order valence-corrected chi connectivity index (χ1v) is 5.81. The molecular weight excluding hydrogens is 234 g/mol. The highest BCUT2D eigenvalue weighted by atomic mass is 79.9. The van der Waals surface area contributed by atoms with Crippen molar-refractivity contribution in [3.63, 3.8) is 0 Å². The molecule has 2 atom stereocenters. The lowest BCUT2D eigenvalue weighted by Crippen LogP contribution is -2.34. The summed E-state index contributed by atoms with van der Waals surface area (Å²) in [6.45, 7) is 3.39. The minimum atomic E-state index is -0.431. The summed E-state index contributed by atoms with van der Waals surface area (Å²) < 4.78 is 0. The van der Waals surface area contributed by atoms with Gasteiger partial charge in [0.1, 0.15) is 0 Å². The van der Waals surface area contributed by atoms with E-state index in [0.717, 1.165) is 13.0 Å². The zero-order chi connectivity index (χ0) is 9.84. The van der Waals surface area contributed by atoms with Crippen molar-refractivity contribution in [1.29, 1.82) is 0 Å². The third kappa shape index (κ3) is 2.95. The van der Waals surface area contributed by atoms with Gasteiger partial charge in [-0.15, -0.1) is 0 Å². The van der Waals surface area contributed by atoms with E-state index in [1.54, 1.807) is 4.90 Å². The van der Waals surface area contributed by atoms with E-state index in [-0.39, 0.29) is 5.91 Å². The second-order valence-electron chi connectivity index (χ2n) is 3.59. The highest BCUT2D eigenvalue weighted by Crippen LogP contribution is 2.20. The lowest BCUT2D eigenvalue weighted by Gasteiger charge is -2.18. The van der Waals surface area contributed by atoms with Crippen molar-refractivity contribution in [3.05, 3.63) is 0 Å². The Balaban J connectivity index is 2.39. The molecule has 13 heavy (non-hydrogen) atoms. The van der Waals surface area contributed by atoms with Gasteiger partial charge >= 0.3 is 0 Å². The Morgan fingerprint density at radius 3 is 2.92 bits per heavy atom. The van der Waals surface area contributed by atoms with Crippen LogP contribution in [0.1, 0.15) is 19.8 Å². The van der Waals surface area contributed by atoms with Crippen LogP contribution in [0.2, 0.25) is 0 Å². The molecule has 1 aliphatic heterocycles. The summed E-state index contributed by atoms with van der Waals surface area (Å²) >= 11 is 3.19. The van der Waals surface area contributed by atoms with Crippen LogP contribution in [0.5, 0.6) is 0 Å². The van der Waals surface area contributed by atoms with Crippen LogP contribution in [0.25, 0.3) is 0 Å². The summed E-state index contributed by atoms with van der Waals surface area (Å²) in [5.41, 5.74) is 0. The maximum absolute atomic E-state index is 11.4. The second-order valence-corrected chi connectivity index (χ2v) is 4.23. The Kier molecular flexibility index (Phi) is 4.19. The fraction of sp³-hybridized carbons (Fsp3) is 0.889. The minimum Gasteiger partial charge on any atom is -0.390 e. The number of rotatable bonds is 4. The molecule has 3 nitrogen and oxygen atoms in total. The molecule has 76 valence electrons. The average molecular weight is 250 g/mol. The SMILES string of the molecule is CCC1CC(=O)N(CC(O)CBr)C1. The Morgan fingerprint density at radius 1 is 1.77 bits per heavy atom. The zero-order valence-electron chi connectivity index (χ0n) is 7.87. The number of aliphatic hydroxyl groups is 1. The van der Waals surface area contributed by atoms with E-state index in [9.17, 15) is 9.90 Å². The topological polar surface area (TPSA) is 40.5 Å². The van der Waals surface area contributed by atoms with Gasteiger partial charge in [-0.2, -0.15) is 0 Å². The van der Waals surface area contributed by atoms with Crippen LogP contribution >= 0.6 is 15.9 Å². The van der Waals surface area contributed by atoms with Crippen LogP contribution in [0.15, 0.2) is 0 Å². The van der Waals surface area contributed by atoms with Crippen LogP contribution in [0.3, 0.4) is 0 Å². The Labute approximate surface area is 87.2 Å². The highest BCUT2D eigenvalue weighted by molar-refractivity contribution is 9.09. The standard InChI is InChI=1S/C9H16BrNO2/c1-2-7-3-9(13)11(5-7)6-8(12)4-10/h7-8,12H,2-6H2,1H3. The molecule has 1 amide bonds. The summed E-state index contributed by atoms with van der Waals surface area (Å²) in [6, 6.07) is 0. The molecule has 0 spiro atoms. The monoisotopic (exact) mass is 249 g/mol. The quantitative estimate of drug-likeness (QED) is 0.756. The van der Waals surface area contributed by atoms with E-state index < -0.39 is 6.10 Å². The Morgan fingerprint density at radius 2 is 2.46 bits per heavy atom. The molecule has 4 heteroatoms. The Hall–Kier alpha value is -0.0900. The molecule has 0 aromatic heterocycles. The summed E-state index contributed by atoms with van der Waals surface area (Å²) in [7, 11) is 0. The van der Waals surface area contributed by atoms with E-state index in [1.165, 1.54) is 0 Å². The van der Waals surface area contributed by atoms with Crippen molar-refractivity contribution in [3.8, 4) is 0 Å². The summed E-state index contributed by atoms with van der Waals surface area (Å²) in [6.07, 6.45) is 1.28. The number of amides is 1. The smallest absolute Gasteiger partial charge is 0.223 e. The number of halogens is 1. The van der Waals surface area contributed by atoms with Gasteiger partial charge in [-0.3, -0.25) is 4.79 Å². The zero-order valence-corrected chi connectivity index (χ0v) is 9.46. The van der Waals surface area contributed by atoms with Crippen LogP contribution in [0, 0.1) is 5.92 Å². The van der Waals surface area contributed by atoms with Crippen molar-refractivity contribution < 1.29 is 9.90 Å². The van der Waals surface area contributed by atoms with Gasteiger partial charge in [0.2, 0.25) is 5.91 Å². The number of alkyl halides is 1. The normalized spacial score (nSPS) is 25.3. The summed E-state index contributed by atoms with van der Waals surface area (Å²) in [5, 5.41) is 9.89. The first-order chi connectivity index (χ1) is 6.17. The molecule has 0 aromatic rings. The van der Waals surface area contributed by atoms with Crippen LogP contribution in [0.4, 0.5) is 0 Å². The molecular formula is C9H16BrNO2. The van der Waals surface area contributed by atoms with Crippen molar-refractivity contribution in [1.82, 2.24) is 4.90 Å². The molecule has 1 saturated heterocycles. The van der Waals surface area contributed by atoms with Crippen molar-refractivity contribution in [2.45, 2.75) is 25.9 Å². The van der Waals surface area contributed by atoms with Gasteiger partial charge in [0.15, 0.2) is 0 Å².